The molecule has 2 aliphatic heterocycles. The van der Waals surface area contributed by atoms with E-state index in [1.165, 1.54) is 6.08 Å². The molecule has 3 amide bonds. The number of carbonyl (C=O) groups is 3. The summed E-state index contributed by atoms with van der Waals surface area (Å²) in [5, 5.41) is 11.1. The number of aliphatic carboxylic acids is 1. The lowest BCUT2D eigenvalue weighted by molar-refractivity contribution is -0.134. The number of nitrogens with one attached hydrogen (secondary N) is 1. The molecule has 18 heavy (non-hydrogen) atoms. The summed E-state index contributed by atoms with van der Waals surface area (Å²) >= 11 is 0. The van der Waals surface area contributed by atoms with Gasteiger partial charge in [0.1, 0.15) is 5.54 Å². The number of carbonyl (C=O) groups excluding carboxylic acids is 2. The van der Waals surface area contributed by atoms with Gasteiger partial charge in [-0.1, -0.05) is 6.08 Å². The smallest absolute Gasteiger partial charge is 0.328 e. The highest BCUT2D eigenvalue weighted by Crippen LogP contribution is 2.28. The van der Waals surface area contributed by atoms with E-state index in [1.54, 1.807) is 0 Å². The van der Waals surface area contributed by atoms with Gasteiger partial charge >= 0.3 is 12.0 Å². The van der Waals surface area contributed by atoms with Crippen molar-refractivity contribution in [2.75, 3.05) is 19.8 Å². The van der Waals surface area contributed by atoms with E-state index >= 15 is 0 Å². The van der Waals surface area contributed by atoms with Crippen LogP contribution >= 0.6 is 0 Å². The Balaban J connectivity index is 2.07. The molecule has 98 valence electrons. The summed E-state index contributed by atoms with van der Waals surface area (Å²) in [5.41, 5.74) is -0.855. The average molecular weight is 254 g/mol. The van der Waals surface area contributed by atoms with Crippen LogP contribution in [0.5, 0.6) is 0 Å². The fraction of sp³-hybridized carbons (Fsp3) is 0.545. The lowest BCUT2D eigenvalue weighted by Crippen LogP contribution is -2.51. The molecule has 7 nitrogen and oxygen atoms in total. The van der Waals surface area contributed by atoms with Crippen molar-refractivity contribution in [3.8, 4) is 0 Å². The molecule has 0 radical (unpaired) electrons. The topological polar surface area (TPSA) is 95.9 Å². The van der Waals surface area contributed by atoms with Crippen LogP contribution in [0.25, 0.3) is 0 Å². The fourth-order valence-corrected chi connectivity index (χ4v) is 2.16. The number of urea groups is 1. The van der Waals surface area contributed by atoms with Crippen molar-refractivity contribution in [3.05, 3.63) is 12.2 Å². The van der Waals surface area contributed by atoms with Gasteiger partial charge in [0.2, 0.25) is 0 Å². The maximum absolute atomic E-state index is 12.2. The first-order valence-electron chi connectivity index (χ1n) is 5.66. The Morgan fingerprint density at radius 1 is 1.44 bits per heavy atom. The van der Waals surface area contributed by atoms with Gasteiger partial charge in [-0.15, -0.1) is 0 Å². The standard InChI is InChI=1S/C11H14N2O5/c14-8(15)2-1-5-13-9(16)11(12-10(13)17)3-6-18-7-4-11/h1-2H,3-7H2,(H,12,17)(H,14,15)/b2-1+. The van der Waals surface area contributed by atoms with E-state index < -0.39 is 17.5 Å². The van der Waals surface area contributed by atoms with E-state index in [4.69, 9.17) is 9.84 Å². The minimum atomic E-state index is -1.11. The molecule has 0 aromatic heterocycles. The summed E-state index contributed by atoms with van der Waals surface area (Å²) in [7, 11) is 0. The van der Waals surface area contributed by atoms with Gasteiger partial charge in [0.15, 0.2) is 0 Å². The Morgan fingerprint density at radius 3 is 2.72 bits per heavy atom. The van der Waals surface area contributed by atoms with E-state index in [9.17, 15) is 14.4 Å². The highest BCUT2D eigenvalue weighted by atomic mass is 16.5. The molecule has 2 rings (SSSR count). The summed E-state index contributed by atoms with van der Waals surface area (Å²) in [6.07, 6.45) is 3.10. The van der Waals surface area contributed by atoms with E-state index in [1.807, 2.05) is 0 Å². The van der Waals surface area contributed by atoms with Gasteiger partial charge in [-0.25, -0.2) is 9.59 Å². The Morgan fingerprint density at radius 2 is 2.11 bits per heavy atom. The molecule has 1 spiro atoms. The third-order valence-electron chi connectivity index (χ3n) is 3.14. The molecule has 7 heteroatoms. The van der Waals surface area contributed by atoms with E-state index in [0.717, 1.165) is 11.0 Å². The van der Waals surface area contributed by atoms with E-state index in [-0.39, 0.29) is 12.5 Å². The summed E-state index contributed by atoms with van der Waals surface area (Å²) in [4.78, 5) is 35.2. The average Bonchev–Trinajstić information content (AvgIpc) is 2.54. The van der Waals surface area contributed by atoms with Crippen LogP contribution in [-0.4, -0.2) is 53.2 Å². The number of imide groups is 1. The molecule has 0 bridgehead atoms. The summed E-state index contributed by atoms with van der Waals surface area (Å²) in [6.45, 7) is 0.842. The number of carboxylic acids is 1. The molecule has 0 aromatic carbocycles. The molecule has 0 saturated carbocycles. The van der Waals surface area contributed by atoms with Gasteiger partial charge in [-0.05, 0) is 0 Å². The quantitative estimate of drug-likeness (QED) is 0.534. The van der Waals surface area contributed by atoms with Gasteiger partial charge in [-0.3, -0.25) is 9.69 Å². The van der Waals surface area contributed by atoms with Crippen molar-refractivity contribution < 1.29 is 24.2 Å². The zero-order valence-electron chi connectivity index (χ0n) is 9.72. The van der Waals surface area contributed by atoms with Gasteiger partial charge in [0, 0.05) is 38.7 Å². The molecular formula is C11H14N2O5. The van der Waals surface area contributed by atoms with Gasteiger partial charge in [0.05, 0.1) is 0 Å². The minimum Gasteiger partial charge on any atom is -0.478 e. The Kier molecular flexibility index (Phi) is 3.33. The summed E-state index contributed by atoms with van der Waals surface area (Å²) < 4.78 is 5.17. The molecule has 2 fully saturated rings. The van der Waals surface area contributed by atoms with Crippen LogP contribution in [0.4, 0.5) is 4.79 Å². The lowest BCUT2D eigenvalue weighted by Gasteiger charge is -2.30. The Labute approximate surface area is 103 Å². The van der Waals surface area contributed by atoms with Crippen LogP contribution in [0.1, 0.15) is 12.8 Å². The molecule has 2 heterocycles. The molecule has 0 aromatic rings. The van der Waals surface area contributed by atoms with Crippen LogP contribution < -0.4 is 5.32 Å². The molecular weight excluding hydrogens is 240 g/mol. The predicted molar refractivity (Wildman–Crippen MR) is 59.8 cm³/mol. The summed E-state index contributed by atoms with van der Waals surface area (Å²) in [6, 6.07) is -0.475. The van der Waals surface area contributed by atoms with Crippen LogP contribution in [0.2, 0.25) is 0 Å². The minimum absolute atomic E-state index is 0.0282. The van der Waals surface area contributed by atoms with Crippen LogP contribution in [0.15, 0.2) is 12.2 Å². The van der Waals surface area contributed by atoms with Crippen molar-refractivity contribution in [1.82, 2.24) is 10.2 Å². The first kappa shape index (κ1) is 12.6. The number of hydrogen-bond donors (Lipinski definition) is 2. The van der Waals surface area contributed by atoms with Crippen molar-refractivity contribution in [1.29, 1.82) is 0 Å². The number of hydrogen-bond acceptors (Lipinski definition) is 4. The monoisotopic (exact) mass is 254 g/mol. The molecule has 2 saturated heterocycles. The van der Waals surface area contributed by atoms with Crippen LogP contribution in [0.3, 0.4) is 0 Å². The second kappa shape index (κ2) is 4.77. The second-order valence-corrected chi connectivity index (χ2v) is 4.28. The van der Waals surface area contributed by atoms with Crippen molar-refractivity contribution in [2.24, 2.45) is 0 Å². The zero-order chi connectivity index (χ0) is 13.2. The highest BCUT2D eigenvalue weighted by Gasteiger charge is 2.51. The maximum Gasteiger partial charge on any atom is 0.328 e. The number of nitrogens with zero attached hydrogens (tertiary/aromatic N) is 1. The first-order chi connectivity index (χ1) is 8.55. The summed E-state index contributed by atoms with van der Waals surface area (Å²) in [5.74, 6) is -1.41. The number of carboxylic acid groups (broad SMARTS) is 1. The predicted octanol–water partition coefficient (Wildman–Crippen LogP) is -0.272. The first-order valence-corrected chi connectivity index (χ1v) is 5.66. The largest absolute Gasteiger partial charge is 0.478 e. The molecule has 0 atom stereocenters. The van der Waals surface area contributed by atoms with Crippen molar-refractivity contribution in [2.45, 2.75) is 18.4 Å². The number of amides is 3. The number of rotatable bonds is 3. The maximum atomic E-state index is 12.2. The van der Waals surface area contributed by atoms with Crippen LogP contribution in [0, 0.1) is 0 Å². The fourth-order valence-electron chi connectivity index (χ4n) is 2.16. The van der Waals surface area contributed by atoms with E-state index in [2.05, 4.69) is 5.32 Å². The Hall–Kier alpha value is -1.89. The molecule has 2 N–H and O–H groups in total. The highest BCUT2D eigenvalue weighted by molar-refractivity contribution is 6.07. The third-order valence-corrected chi connectivity index (χ3v) is 3.14. The van der Waals surface area contributed by atoms with Gasteiger partial charge in [0.25, 0.3) is 5.91 Å². The SMILES string of the molecule is O=C(O)/C=C/CN1C(=O)NC2(CCOCC2)C1=O. The van der Waals surface area contributed by atoms with Gasteiger partial charge in [-0.2, -0.15) is 0 Å². The zero-order valence-corrected chi connectivity index (χ0v) is 9.72. The second-order valence-electron chi connectivity index (χ2n) is 4.28. The van der Waals surface area contributed by atoms with Crippen LogP contribution in [-0.2, 0) is 14.3 Å². The van der Waals surface area contributed by atoms with E-state index in [0.29, 0.717) is 26.1 Å². The van der Waals surface area contributed by atoms with Gasteiger partial charge < -0.3 is 15.2 Å². The lowest BCUT2D eigenvalue weighted by atomic mass is 9.90. The molecule has 0 unspecified atom stereocenters. The Bertz CT molecular complexity index is 412. The number of ether oxygens (including phenoxy) is 1. The van der Waals surface area contributed by atoms with Crippen molar-refractivity contribution >= 4 is 17.9 Å². The third kappa shape index (κ3) is 2.21. The molecule has 0 aliphatic carbocycles. The normalized spacial score (nSPS) is 22.8. The molecule has 2 aliphatic rings. The van der Waals surface area contributed by atoms with Crippen molar-refractivity contribution in [3.63, 3.8) is 0 Å².